The van der Waals surface area contributed by atoms with Gasteiger partial charge in [-0.1, -0.05) is 0 Å². The molecule has 6 nitrogen and oxygen atoms in total. The van der Waals surface area contributed by atoms with Crippen molar-refractivity contribution < 1.29 is 4.74 Å². The topological polar surface area (TPSA) is 72.8 Å². The van der Waals surface area contributed by atoms with E-state index < -0.39 is 0 Å². The van der Waals surface area contributed by atoms with E-state index in [0.717, 1.165) is 21.6 Å². The molecule has 2 aromatic heterocycles. The molecule has 19 heavy (non-hydrogen) atoms. The van der Waals surface area contributed by atoms with E-state index in [2.05, 4.69) is 47.8 Å². The monoisotopic (exact) mass is 371 g/mol. The maximum absolute atomic E-state index is 5.17. The summed E-state index contributed by atoms with van der Waals surface area (Å²) >= 11 is 2.22. The minimum atomic E-state index is 0.430. The molecule has 2 rings (SSSR count). The Bertz CT molecular complexity index is 522. The van der Waals surface area contributed by atoms with E-state index >= 15 is 0 Å². The Labute approximate surface area is 125 Å². The van der Waals surface area contributed by atoms with Crippen LogP contribution in [0.4, 0.5) is 5.82 Å². The van der Waals surface area contributed by atoms with Gasteiger partial charge in [-0.3, -0.25) is 0 Å². The van der Waals surface area contributed by atoms with Crippen LogP contribution in [0.1, 0.15) is 12.6 Å². The van der Waals surface area contributed by atoms with Gasteiger partial charge in [0.25, 0.3) is 0 Å². The van der Waals surface area contributed by atoms with Gasteiger partial charge in [0.2, 0.25) is 0 Å². The largest absolute Gasteiger partial charge is 0.378 e. The molecule has 0 amide bonds. The molecule has 0 aromatic carbocycles. The molecule has 2 aromatic rings. The van der Waals surface area contributed by atoms with Crippen molar-refractivity contribution in [3.05, 3.63) is 27.7 Å². The summed E-state index contributed by atoms with van der Waals surface area (Å²) in [5, 5.41) is 3.22. The predicted molar refractivity (Wildman–Crippen MR) is 80.7 cm³/mol. The number of anilines is 1. The van der Waals surface area contributed by atoms with E-state index in [-0.39, 0.29) is 0 Å². The first-order valence-electron chi connectivity index (χ1n) is 5.82. The zero-order valence-corrected chi connectivity index (χ0v) is 12.9. The molecule has 0 saturated carbocycles. The Morgan fingerprint density at radius 3 is 2.58 bits per heavy atom. The van der Waals surface area contributed by atoms with Gasteiger partial charge in [0.15, 0.2) is 11.6 Å². The molecule has 0 spiro atoms. The van der Waals surface area contributed by atoms with E-state index in [0.29, 0.717) is 18.3 Å². The van der Waals surface area contributed by atoms with Crippen LogP contribution in [0.25, 0.3) is 11.6 Å². The zero-order valence-electron chi connectivity index (χ0n) is 10.7. The van der Waals surface area contributed by atoms with Gasteiger partial charge in [0.1, 0.15) is 5.82 Å². The maximum Gasteiger partial charge on any atom is 0.200 e. The third-order valence-electron chi connectivity index (χ3n) is 2.31. The Morgan fingerprint density at radius 2 is 1.95 bits per heavy atom. The van der Waals surface area contributed by atoms with Crippen LogP contribution < -0.4 is 5.32 Å². The molecule has 2 heterocycles. The number of ether oxygens (including phenoxy) is 1. The molecule has 0 bridgehead atoms. The van der Waals surface area contributed by atoms with Gasteiger partial charge in [0.05, 0.1) is 15.9 Å². The quantitative estimate of drug-likeness (QED) is 0.812. The van der Waals surface area contributed by atoms with Gasteiger partial charge in [-0.25, -0.2) is 19.9 Å². The lowest BCUT2D eigenvalue weighted by Gasteiger charge is -2.11. The van der Waals surface area contributed by atoms with Crippen LogP contribution in [-0.4, -0.2) is 33.6 Å². The molecule has 0 aliphatic rings. The van der Waals surface area contributed by atoms with Crippen molar-refractivity contribution in [3.8, 4) is 11.6 Å². The Hall–Kier alpha value is -1.35. The van der Waals surface area contributed by atoms with E-state index in [1.54, 1.807) is 25.6 Å². The van der Waals surface area contributed by atoms with Gasteiger partial charge in [-0.15, -0.1) is 0 Å². The highest BCUT2D eigenvalue weighted by atomic mass is 127. The van der Waals surface area contributed by atoms with Crippen molar-refractivity contribution in [2.24, 2.45) is 0 Å². The molecular weight excluding hydrogens is 357 g/mol. The minimum absolute atomic E-state index is 0.430. The average Bonchev–Trinajstić information content (AvgIpc) is 2.44. The van der Waals surface area contributed by atoms with Crippen LogP contribution >= 0.6 is 22.6 Å². The number of hydrogen-bond acceptors (Lipinski definition) is 6. The second-order valence-corrected chi connectivity index (χ2v) is 4.77. The molecule has 0 aliphatic heterocycles. The van der Waals surface area contributed by atoms with Crippen LogP contribution in [0.5, 0.6) is 0 Å². The van der Waals surface area contributed by atoms with E-state index in [1.165, 1.54) is 0 Å². The van der Waals surface area contributed by atoms with Crippen LogP contribution in [0.3, 0.4) is 0 Å². The summed E-state index contributed by atoms with van der Waals surface area (Å²) in [5.74, 6) is 1.80. The zero-order chi connectivity index (χ0) is 13.7. The van der Waals surface area contributed by atoms with Crippen molar-refractivity contribution in [3.63, 3.8) is 0 Å². The molecule has 0 aliphatic carbocycles. The predicted octanol–water partition coefficient (Wildman–Crippen LogP) is 2.12. The number of halogens is 1. The van der Waals surface area contributed by atoms with Gasteiger partial charge < -0.3 is 10.1 Å². The number of nitrogens with zero attached hydrogens (tertiary/aromatic N) is 4. The molecule has 1 N–H and O–H groups in total. The first-order valence-corrected chi connectivity index (χ1v) is 6.90. The Kier molecular flexibility index (Phi) is 4.97. The minimum Gasteiger partial charge on any atom is -0.378 e. The van der Waals surface area contributed by atoms with Crippen molar-refractivity contribution in [2.45, 2.75) is 13.5 Å². The summed E-state index contributed by atoms with van der Waals surface area (Å²) < 4.78 is 6.13. The van der Waals surface area contributed by atoms with Crippen LogP contribution in [0.2, 0.25) is 0 Å². The second-order valence-electron chi connectivity index (χ2n) is 3.69. The van der Waals surface area contributed by atoms with Gasteiger partial charge >= 0.3 is 0 Å². The third kappa shape index (κ3) is 3.35. The van der Waals surface area contributed by atoms with Crippen molar-refractivity contribution in [2.75, 3.05) is 19.0 Å². The number of aromatic nitrogens is 4. The number of rotatable bonds is 5. The average molecular weight is 371 g/mol. The summed E-state index contributed by atoms with van der Waals surface area (Å²) in [6, 6.07) is 1.76. The van der Waals surface area contributed by atoms with E-state index in [1.807, 2.05) is 6.92 Å². The molecule has 0 atom stereocenters. The van der Waals surface area contributed by atoms with E-state index in [4.69, 9.17) is 4.74 Å². The molecule has 0 unspecified atom stereocenters. The lowest BCUT2D eigenvalue weighted by atomic mass is 10.3. The summed E-state index contributed by atoms with van der Waals surface area (Å²) in [6.07, 6.45) is 3.35. The fourth-order valence-electron chi connectivity index (χ4n) is 1.53. The standard InChI is InChI=1S/C12H14IN5O/c1-3-14-10-9(13)8(7-19-2)17-12(18-10)11-15-5-4-6-16-11/h4-6H,3,7H2,1-2H3,(H,14,17,18). The summed E-state index contributed by atoms with van der Waals surface area (Å²) in [4.78, 5) is 17.3. The Morgan fingerprint density at radius 1 is 1.21 bits per heavy atom. The SMILES string of the molecule is CCNc1nc(-c2ncccn2)nc(COC)c1I. The first kappa shape index (κ1) is 14.1. The van der Waals surface area contributed by atoms with Crippen LogP contribution in [-0.2, 0) is 11.3 Å². The molecule has 0 fully saturated rings. The van der Waals surface area contributed by atoms with E-state index in [9.17, 15) is 0 Å². The van der Waals surface area contributed by atoms with Crippen LogP contribution in [0, 0.1) is 3.57 Å². The maximum atomic E-state index is 5.17. The molecular formula is C12H14IN5O. The highest BCUT2D eigenvalue weighted by Crippen LogP contribution is 2.22. The smallest absolute Gasteiger partial charge is 0.200 e. The van der Waals surface area contributed by atoms with Crippen LogP contribution in [0.15, 0.2) is 18.5 Å². The Balaban J connectivity index is 2.49. The first-order chi connectivity index (χ1) is 9.26. The summed E-state index contributed by atoms with van der Waals surface area (Å²) in [5.41, 5.74) is 0.830. The van der Waals surface area contributed by atoms with Gasteiger partial charge in [0, 0.05) is 26.0 Å². The molecule has 0 saturated heterocycles. The lowest BCUT2D eigenvalue weighted by Crippen LogP contribution is -2.09. The van der Waals surface area contributed by atoms with Gasteiger partial charge in [-0.2, -0.15) is 0 Å². The lowest BCUT2D eigenvalue weighted by molar-refractivity contribution is 0.181. The van der Waals surface area contributed by atoms with Crippen molar-refractivity contribution >= 4 is 28.4 Å². The number of nitrogens with one attached hydrogen (secondary N) is 1. The second kappa shape index (κ2) is 6.71. The highest BCUT2D eigenvalue weighted by Gasteiger charge is 2.14. The normalized spacial score (nSPS) is 10.5. The summed E-state index contributed by atoms with van der Waals surface area (Å²) in [6.45, 7) is 3.24. The fraction of sp³-hybridized carbons (Fsp3) is 0.333. The molecule has 7 heteroatoms. The van der Waals surface area contributed by atoms with Crippen molar-refractivity contribution in [1.82, 2.24) is 19.9 Å². The fourth-order valence-corrected chi connectivity index (χ4v) is 2.11. The molecule has 100 valence electrons. The highest BCUT2D eigenvalue weighted by molar-refractivity contribution is 14.1. The van der Waals surface area contributed by atoms with Gasteiger partial charge in [-0.05, 0) is 35.6 Å². The number of methoxy groups -OCH3 is 1. The number of hydrogen-bond donors (Lipinski definition) is 1. The molecule has 0 radical (unpaired) electrons. The van der Waals surface area contributed by atoms with Crippen molar-refractivity contribution in [1.29, 1.82) is 0 Å². The summed E-state index contributed by atoms with van der Waals surface area (Å²) in [7, 11) is 1.64. The third-order valence-corrected chi connectivity index (χ3v) is 3.44.